The molecule has 0 saturated heterocycles. The Morgan fingerprint density at radius 1 is 0.923 bits per heavy atom. The van der Waals surface area contributed by atoms with Crippen LogP contribution in [0.25, 0.3) is 0 Å². The van der Waals surface area contributed by atoms with Crippen molar-refractivity contribution in [2.24, 2.45) is 17.8 Å². The fourth-order valence-corrected chi connectivity index (χ4v) is 5.15. The van der Waals surface area contributed by atoms with Crippen LogP contribution in [0.2, 0.25) is 5.02 Å². The maximum absolute atomic E-state index is 6.17. The number of unbranched alkanes of at least 4 members (excludes halogenated alkanes) is 1. The number of benzene rings is 1. The molecule has 26 heavy (non-hydrogen) atoms. The van der Waals surface area contributed by atoms with Crippen LogP contribution in [0.3, 0.4) is 0 Å². The normalized spacial score (nSPS) is 29.4. The summed E-state index contributed by atoms with van der Waals surface area (Å²) in [5.74, 6) is 2.94. The molecule has 2 aliphatic carbocycles. The third kappa shape index (κ3) is 6.13. The average Bonchev–Trinajstić information content (AvgIpc) is 2.69. The summed E-state index contributed by atoms with van der Waals surface area (Å²) in [5.41, 5.74) is 1.23. The second-order valence-electron chi connectivity index (χ2n) is 8.47. The highest BCUT2D eigenvalue weighted by Crippen LogP contribution is 2.41. The van der Waals surface area contributed by atoms with Crippen molar-refractivity contribution in [3.05, 3.63) is 47.5 Å². The van der Waals surface area contributed by atoms with Crippen LogP contribution >= 0.6 is 11.6 Å². The van der Waals surface area contributed by atoms with Gasteiger partial charge in [0.1, 0.15) is 0 Å². The van der Waals surface area contributed by atoms with Gasteiger partial charge < -0.3 is 4.74 Å². The summed E-state index contributed by atoms with van der Waals surface area (Å²) in [6, 6.07) is 8.04. The van der Waals surface area contributed by atoms with Gasteiger partial charge in [0.15, 0.2) is 0 Å². The first-order valence-corrected chi connectivity index (χ1v) is 11.1. The van der Waals surface area contributed by atoms with E-state index in [2.05, 4.69) is 24.8 Å². The molecule has 2 saturated carbocycles. The highest BCUT2D eigenvalue weighted by Gasteiger charge is 2.30. The van der Waals surface area contributed by atoms with E-state index in [1.54, 1.807) is 0 Å². The summed E-state index contributed by atoms with van der Waals surface area (Å²) in [6.07, 6.45) is 17.6. The van der Waals surface area contributed by atoms with Gasteiger partial charge in [-0.3, -0.25) is 0 Å². The lowest BCUT2D eigenvalue weighted by atomic mass is 9.70. The summed E-state index contributed by atoms with van der Waals surface area (Å²) in [5, 5.41) is 0.796. The molecule has 0 spiro atoms. The van der Waals surface area contributed by atoms with Gasteiger partial charge in [-0.1, -0.05) is 49.1 Å². The van der Waals surface area contributed by atoms with Crippen LogP contribution in [-0.2, 0) is 11.3 Å². The Kier molecular flexibility index (Phi) is 8.08. The Morgan fingerprint density at radius 3 is 2.15 bits per heavy atom. The third-order valence-electron chi connectivity index (χ3n) is 6.70. The van der Waals surface area contributed by atoms with Crippen molar-refractivity contribution in [1.29, 1.82) is 0 Å². The number of halogens is 1. The van der Waals surface area contributed by atoms with E-state index in [0.29, 0.717) is 6.10 Å². The molecule has 0 N–H and O–H groups in total. The van der Waals surface area contributed by atoms with E-state index in [1.807, 2.05) is 12.1 Å². The van der Waals surface area contributed by atoms with Crippen LogP contribution in [0.4, 0.5) is 0 Å². The largest absolute Gasteiger partial charge is 0.374 e. The molecule has 0 aromatic heterocycles. The molecule has 0 unspecified atom stereocenters. The molecular weight excluding hydrogens is 340 g/mol. The molecule has 2 aliphatic rings. The molecule has 1 nitrogen and oxygen atoms in total. The van der Waals surface area contributed by atoms with Gasteiger partial charge in [0.2, 0.25) is 0 Å². The Bertz CT molecular complexity index is 522. The van der Waals surface area contributed by atoms with Crippen LogP contribution in [0, 0.1) is 17.8 Å². The van der Waals surface area contributed by atoms with Crippen molar-refractivity contribution in [3.8, 4) is 0 Å². The van der Waals surface area contributed by atoms with Gasteiger partial charge in [0.05, 0.1) is 12.7 Å². The Hall–Kier alpha value is -0.790. The Balaban J connectivity index is 1.32. The maximum atomic E-state index is 6.17. The van der Waals surface area contributed by atoms with Gasteiger partial charge in [0.25, 0.3) is 0 Å². The highest BCUT2D eigenvalue weighted by atomic mass is 35.5. The third-order valence-corrected chi connectivity index (χ3v) is 6.95. The zero-order chi connectivity index (χ0) is 18.2. The quantitative estimate of drug-likeness (QED) is 0.336. The lowest BCUT2D eigenvalue weighted by Gasteiger charge is -2.37. The first-order chi connectivity index (χ1) is 12.7. The molecule has 144 valence electrons. The molecule has 3 rings (SSSR count). The summed E-state index contributed by atoms with van der Waals surface area (Å²) in [4.78, 5) is 0. The lowest BCUT2D eigenvalue weighted by Crippen LogP contribution is -2.28. The molecule has 1 aromatic carbocycles. The van der Waals surface area contributed by atoms with Gasteiger partial charge >= 0.3 is 0 Å². The van der Waals surface area contributed by atoms with Crippen molar-refractivity contribution >= 4 is 11.6 Å². The lowest BCUT2D eigenvalue weighted by molar-refractivity contribution is -0.00285. The van der Waals surface area contributed by atoms with Gasteiger partial charge in [0, 0.05) is 5.02 Å². The molecule has 2 heteroatoms. The number of allylic oxidation sites excluding steroid dienone is 1. The van der Waals surface area contributed by atoms with Crippen LogP contribution in [0.5, 0.6) is 0 Å². The molecule has 1 aromatic rings. The first-order valence-electron chi connectivity index (χ1n) is 10.7. The standard InChI is InChI=1S/C24H35ClO/c1-2-3-4-5-19-6-10-21(11-7-19)22-12-16-24(17-13-22)26-18-20-8-14-23(25)15-9-20/h2,8-9,14-15,19,21-22,24H,1,3-7,10-13,16-18H2. The number of rotatable bonds is 8. The fraction of sp³-hybridized carbons (Fsp3) is 0.667. The Labute approximate surface area is 165 Å². The van der Waals surface area contributed by atoms with Gasteiger partial charge in [-0.15, -0.1) is 6.58 Å². The minimum atomic E-state index is 0.456. The monoisotopic (exact) mass is 374 g/mol. The second kappa shape index (κ2) is 10.5. The van der Waals surface area contributed by atoms with E-state index in [-0.39, 0.29) is 0 Å². The van der Waals surface area contributed by atoms with E-state index >= 15 is 0 Å². The van der Waals surface area contributed by atoms with Crippen molar-refractivity contribution in [3.63, 3.8) is 0 Å². The highest BCUT2D eigenvalue weighted by molar-refractivity contribution is 6.30. The number of ether oxygens (including phenoxy) is 1. The maximum Gasteiger partial charge on any atom is 0.0720 e. The van der Waals surface area contributed by atoms with Crippen molar-refractivity contribution in [2.75, 3.05) is 0 Å². The number of hydrogen-bond acceptors (Lipinski definition) is 1. The fourth-order valence-electron chi connectivity index (χ4n) is 5.02. The van der Waals surface area contributed by atoms with Crippen LogP contribution < -0.4 is 0 Å². The SMILES string of the molecule is C=CCCCC1CCC(C2CCC(OCc3ccc(Cl)cc3)CC2)CC1. The summed E-state index contributed by atoms with van der Waals surface area (Å²) >= 11 is 5.95. The minimum absolute atomic E-state index is 0.456. The molecule has 0 aliphatic heterocycles. The summed E-state index contributed by atoms with van der Waals surface area (Å²) in [6.45, 7) is 4.57. The molecule has 0 bridgehead atoms. The molecule has 0 heterocycles. The predicted molar refractivity (Wildman–Crippen MR) is 111 cm³/mol. The Morgan fingerprint density at radius 2 is 1.54 bits per heavy atom. The first kappa shape index (κ1) is 20.0. The predicted octanol–water partition coefficient (Wildman–Crippen LogP) is 7.58. The van der Waals surface area contributed by atoms with E-state index in [1.165, 1.54) is 76.2 Å². The summed E-state index contributed by atoms with van der Waals surface area (Å²) < 4.78 is 6.17. The van der Waals surface area contributed by atoms with Crippen molar-refractivity contribution in [1.82, 2.24) is 0 Å². The second-order valence-corrected chi connectivity index (χ2v) is 8.91. The molecular formula is C24H35ClO. The number of hydrogen-bond donors (Lipinski definition) is 0. The zero-order valence-electron chi connectivity index (χ0n) is 16.2. The van der Waals surface area contributed by atoms with E-state index in [0.717, 1.165) is 29.4 Å². The van der Waals surface area contributed by atoms with Crippen LogP contribution in [0.15, 0.2) is 36.9 Å². The van der Waals surface area contributed by atoms with E-state index in [4.69, 9.17) is 16.3 Å². The zero-order valence-corrected chi connectivity index (χ0v) is 16.9. The molecule has 2 fully saturated rings. The molecule has 0 atom stereocenters. The van der Waals surface area contributed by atoms with Gasteiger partial charge in [-0.25, -0.2) is 0 Å². The average molecular weight is 375 g/mol. The van der Waals surface area contributed by atoms with Crippen molar-refractivity contribution in [2.45, 2.75) is 83.3 Å². The van der Waals surface area contributed by atoms with E-state index in [9.17, 15) is 0 Å². The van der Waals surface area contributed by atoms with Crippen LogP contribution in [-0.4, -0.2) is 6.10 Å². The smallest absolute Gasteiger partial charge is 0.0720 e. The van der Waals surface area contributed by atoms with Gasteiger partial charge in [-0.2, -0.15) is 0 Å². The van der Waals surface area contributed by atoms with Crippen molar-refractivity contribution < 1.29 is 4.74 Å². The summed E-state index contributed by atoms with van der Waals surface area (Å²) in [7, 11) is 0. The minimum Gasteiger partial charge on any atom is -0.374 e. The van der Waals surface area contributed by atoms with Gasteiger partial charge in [-0.05, 0) is 86.8 Å². The molecule has 0 radical (unpaired) electrons. The van der Waals surface area contributed by atoms with Crippen LogP contribution in [0.1, 0.15) is 76.2 Å². The topological polar surface area (TPSA) is 9.23 Å². The molecule has 0 amide bonds. The van der Waals surface area contributed by atoms with E-state index < -0.39 is 0 Å².